The van der Waals surface area contributed by atoms with Gasteiger partial charge in [0, 0.05) is 0 Å². The standard InChI is InChI=1S/C7H13F/c1-5(2)6(3)7(4)8/h7H,1-4H3. The van der Waals surface area contributed by atoms with Crippen LogP contribution in [0.1, 0.15) is 27.7 Å². The van der Waals surface area contributed by atoms with E-state index in [0.717, 1.165) is 11.1 Å². The molecule has 0 saturated carbocycles. The molecular formula is C7H13F. The lowest BCUT2D eigenvalue weighted by Crippen LogP contribution is -1.95. The molecule has 0 spiro atoms. The maximum absolute atomic E-state index is 12.3. The first kappa shape index (κ1) is 7.67. The van der Waals surface area contributed by atoms with E-state index in [9.17, 15) is 4.39 Å². The zero-order valence-corrected chi connectivity index (χ0v) is 5.96. The minimum atomic E-state index is -0.778. The second-order valence-electron chi connectivity index (χ2n) is 2.30. The van der Waals surface area contributed by atoms with E-state index in [-0.39, 0.29) is 0 Å². The molecule has 0 saturated heterocycles. The van der Waals surface area contributed by atoms with E-state index in [4.69, 9.17) is 0 Å². The predicted molar refractivity (Wildman–Crippen MR) is 34.6 cm³/mol. The second kappa shape index (κ2) is 2.85. The second-order valence-corrected chi connectivity index (χ2v) is 2.30. The SMILES string of the molecule is CC(C)=C(C)C(C)F. The molecule has 8 heavy (non-hydrogen) atoms. The minimum Gasteiger partial charge on any atom is -0.243 e. The highest BCUT2D eigenvalue weighted by Gasteiger charge is 1.99. The molecule has 0 N–H and O–H groups in total. The lowest BCUT2D eigenvalue weighted by atomic mass is 10.1. The van der Waals surface area contributed by atoms with E-state index in [1.54, 1.807) is 6.92 Å². The molecule has 0 fully saturated rings. The molecule has 0 amide bonds. The largest absolute Gasteiger partial charge is 0.243 e. The highest BCUT2D eigenvalue weighted by molar-refractivity contribution is 5.10. The quantitative estimate of drug-likeness (QED) is 0.462. The summed E-state index contributed by atoms with van der Waals surface area (Å²) in [5, 5.41) is 0. The number of hydrogen-bond donors (Lipinski definition) is 0. The first-order chi connectivity index (χ1) is 3.55. The topological polar surface area (TPSA) is 0 Å². The third kappa shape index (κ3) is 2.10. The van der Waals surface area contributed by atoms with Crippen LogP contribution in [0.15, 0.2) is 11.1 Å². The van der Waals surface area contributed by atoms with Crippen molar-refractivity contribution in [2.24, 2.45) is 0 Å². The van der Waals surface area contributed by atoms with Gasteiger partial charge in [-0.1, -0.05) is 5.57 Å². The Balaban J connectivity index is 4.00. The van der Waals surface area contributed by atoms with Crippen LogP contribution in [0.3, 0.4) is 0 Å². The van der Waals surface area contributed by atoms with Crippen LogP contribution in [-0.4, -0.2) is 6.17 Å². The van der Waals surface area contributed by atoms with E-state index in [1.165, 1.54) is 0 Å². The van der Waals surface area contributed by atoms with Crippen LogP contribution < -0.4 is 0 Å². The maximum Gasteiger partial charge on any atom is 0.118 e. The van der Waals surface area contributed by atoms with Gasteiger partial charge in [0.05, 0.1) is 0 Å². The van der Waals surface area contributed by atoms with Gasteiger partial charge in [-0.25, -0.2) is 4.39 Å². The Labute approximate surface area is 50.4 Å². The molecule has 0 rings (SSSR count). The Hall–Kier alpha value is -0.330. The Bertz CT molecular complexity index is 97.0. The molecule has 48 valence electrons. The Morgan fingerprint density at radius 3 is 1.62 bits per heavy atom. The van der Waals surface area contributed by atoms with Gasteiger partial charge in [-0.2, -0.15) is 0 Å². The summed E-state index contributed by atoms with van der Waals surface area (Å²) in [5.41, 5.74) is 1.94. The van der Waals surface area contributed by atoms with E-state index in [0.29, 0.717) is 0 Å². The average Bonchev–Trinajstić information content (AvgIpc) is 1.64. The van der Waals surface area contributed by atoms with Crippen molar-refractivity contribution in [2.75, 3.05) is 0 Å². The van der Waals surface area contributed by atoms with Gasteiger partial charge >= 0.3 is 0 Å². The lowest BCUT2D eigenvalue weighted by molar-refractivity contribution is 0.409. The summed E-state index contributed by atoms with van der Waals surface area (Å²) in [7, 11) is 0. The van der Waals surface area contributed by atoms with Crippen LogP contribution in [-0.2, 0) is 0 Å². The Morgan fingerprint density at radius 2 is 1.62 bits per heavy atom. The van der Waals surface area contributed by atoms with Gasteiger partial charge in [0.25, 0.3) is 0 Å². The zero-order valence-electron chi connectivity index (χ0n) is 5.96. The first-order valence-corrected chi connectivity index (χ1v) is 2.83. The van der Waals surface area contributed by atoms with Crippen LogP contribution in [0, 0.1) is 0 Å². The molecule has 0 aliphatic carbocycles. The Morgan fingerprint density at radius 1 is 1.25 bits per heavy atom. The van der Waals surface area contributed by atoms with E-state index in [1.807, 2.05) is 20.8 Å². The Kier molecular flexibility index (Phi) is 2.74. The fraction of sp³-hybridized carbons (Fsp3) is 0.714. The number of alkyl halides is 1. The van der Waals surface area contributed by atoms with E-state index < -0.39 is 6.17 Å². The molecular weight excluding hydrogens is 103 g/mol. The molecule has 1 atom stereocenters. The zero-order chi connectivity index (χ0) is 6.73. The van der Waals surface area contributed by atoms with Crippen LogP contribution in [0.25, 0.3) is 0 Å². The number of allylic oxidation sites excluding steroid dienone is 2. The van der Waals surface area contributed by atoms with Crippen molar-refractivity contribution < 1.29 is 4.39 Å². The summed E-state index contributed by atoms with van der Waals surface area (Å²) < 4.78 is 12.3. The van der Waals surface area contributed by atoms with Crippen molar-refractivity contribution in [3.63, 3.8) is 0 Å². The fourth-order valence-electron chi connectivity index (χ4n) is 0.398. The summed E-state index contributed by atoms with van der Waals surface area (Å²) in [6.07, 6.45) is -0.778. The summed E-state index contributed by atoms with van der Waals surface area (Å²) >= 11 is 0. The van der Waals surface area contributed by atoms with Crippen LogP contribution in [0.4, 0.5) is 4.39 Å². The predicted octanol–water partition coefficient (Wildman–Crippen LogP) is 2.70. The molecule has 0 aliphatic heterocycles. The van der Waals surface area contributed by atoms with Gasteiger partial charge in [0.15, 0.2) is 0 Å². The van der Waals surface area contributed by atoms with Crippen molar-refractivity contribution in [3.8, 4) is 0 Å². The molecule has 0 aromatic heterocycles. The number of rotatable bonds is 1. The molecule has 1 heteroatoms. The highest BCUT2D eigenvalue weighted by Crippen LogP contribution is 2.09. The van der Waals surface area contributed by atoms with Crippen molar-refractivity contribution >= 4 is 0 Å². The molecule has 0 aliphatic rings. The van der Waals surface area contributed by atoms with Crippen LogP contribution in [0.2, 0.25) is 0 Å². The van der Waals surface area contributed by atoms with Crippen LogP contribution in [0.5, 0.6) is 0 Å². The van der Waals surface area contributed by atoms with Crippen molar-refractivity contribution in [2.45, 2.75) is 33.9 Å². The van der Waals surface area contributed by atoms with Crippen molar-refractivity contribution in [1.29, 1.82) is 0 Å². The molecule has 0 bridgehead atoms. The van der Waals surface area contributed by atoms with Gasteiger partial charge in [0.2, 0.25) is 0 Å². The van der Waals surface area contributed by atoms with E-state index >= 15 is 0 Å². The first-order valence-electron chi connectivity index (χ1n) is 2.83. The maximum atomic E-state index is 12.3. The summed E-state index contributed by atoms with van der Waals surface area (Å²) in [6.45, 7) is 7.22. The van der Waals surface area contributed by atoms with Crippen LogP contribution >= 0.6 is 0 Å². The molecule has 0 heterocycles. The van der Waals surface area contributed by atoms with E-state index in [2.05, 4.69) is 0 Å². The molecule has 0 aromatic rings. The van der Waals surface area contributed by atoms with Crippen molar-refractivity contribution in [3.05, 3.63) is 11.1 Å². The van der Waals surface area contributed by atoms with Gasteiger partial charge in [-0.05, 0) is 33.3 Å². The lowest BCUT2D eigenvalue weighted by Gasteiger charge is -2.02. The molecule has 0 aromatic carbocycles. The third-order valence-corrected chi connectivity index (χ3v) is 1.39. The number of hydrogen-bond acceptors (Lipinski definition) is 0. The highest BCUT2D eigenvalue weighted by atomic mass is 19.1. The van der Waals surface area contributed by atoms with Gasteiger partial charge < -0.3 is 0 Å². The molecule has 1 unspecified atom stereocenters. The van der Waals surface area contributed by atoms with Gasteiger partial charge in [-0.3, -0.25) is 0 Å². The van der Waals surface area contributed by atoms with Crippen molar-refractivity contribution in [1.82, 2.24) is 0 Å². The smallest absolute Gasteiger partial charge is 0.118 e. The third-order valence-electron chi connectivity index (χ3n) is 1.39. The monoisotopic (exact) mass is 116 g/mol. The summed E-state index contributed by atoms with van der Waals surface area (Å²) in [6, 6.07) is 0. The summed E-state index contributed by atoms with van der Waals surface area (Å²) in [4.78, 5) is 0. The van der Waals surface area contributed by atoms with Gasteiger partial charge in [-0.15, -0.1) is 0 Å². The normalized spacial score (nSPS) is 13.1. The average molecular weight is 116 g/mol. The fourth-order valence-corrected chi connectivity index (χ4v) is 0.398. The minimum absolute atomic E-state index is 0.778. The molecule has 0 radical (unpaired) electrons. The van der Waals surface area contributed by atoms with Gasteiger partial charge in [0.1, 0.15) is 6.17 Å². The number of halogens is 1. The molecule has 0 nitrogen and oxygen atoms in total. The summed E-state index contributed by atoms with van der Waals surface area (Å²) in [5.74, 6) is 0.